The van der Waals surface area contributed by atoms with E-state index in [0.29, 0.717) is 21.7 Å². The summed E-state index contributed by atoms with van der Waals surface area (Å²) in [7, 11) is 0. The normalized spacial score (nSPS) is 10.4. The number of aryl methyl sites for hydroxylation is 1. The largest absolute Gasteiger partial charge is 0.380 e. The molecule has 1 aromatic carbocycles. The predicted octanol–water partition coefficient (Wildman–Crippen LogP) is 4.96. The molecule has 2 aromatic rings. The van der Waals surface area contributed by atoms with Crippen LogP contribution in [0.2, 0.25) is 15.2 Å². The van der Waals surface area contributed by atoms with Gasteiger partial charge in [-0.1, -0.05) is 46.9 Å². The molecule has 0 radical (unpaired) electrons. The number of anilines is 1. The van der Waals surface area contributed by atoms with E-state index in [1.807, 2.05) is 25.1 Å². The maximum Gasteiger partial charge on any atom is 0.132 e. The van der Waals surface area contributed by atoms with Crippen LogP contribution in [0.25, 0.3) is 0 Å². The molecule has 2 nitrogen and oxygen atoms in total. The van der Waals surface area contributed by atoms with Crippen molar-refractivity contribution in [3.63, 3.8) is 0 Å². The van der Waals surface area contributed by atoms with Crippen molar-refractivity contribution in [2.24, 2.45) is 0 Å². The third-order valence-electron chi connectivity index (χ3n) is 2.53. The molecule has 0 saturated carbocycles. The zero-order chi connectivity index (χ0) is 13.1. The van der Waals surface area contributed by atoms with Crippen LogP contribution < -0.4 is 5.32 Å². The first-order valence-corrected chi connectivity index (χ1v) is 6.50. The van der Waals surface area contributed by atoms with Crippen molar-refractivity contribution in [1.82, 2.24) is 4.98 Å². The molecule has 94 valence electrons. The van der Waals surface area contributed by atoms with Crippen LogP contribution in [0.3, 0.4) is 0 Å². The van der Waals surface area contributed by atoms with E-state index in [1.54, 1.807) is 12.3 Å². The van der Waals surface area contributed by atoms with Crippen molar-refractivity contribution < 1.29 is 0 Å². The molecule has 0 unspecified atom stereocenters. The van der Waals surface area contributed by atoms with Gasteiger partial charge in [-0.05, 0) is 30.2 Å². The maximum atomic E-state index is 6.11. The van der Waals surface area contributed by atoms with Gasteiger partial charge in [-0.3, -0.25) is 0 Å². The molecule has 2 rings (SSSR count). The van der Waals surface area contributed by atoms with E-state index in [1.165, 1.54) is 0 Å². The van der Waals surface area contributed by atoms with Gasteiger partial charge in [0.15, 0.2) is 0 Å². The predicted molar refractivity (Wildman–Crippen MR) is 77.8 cm³/mol. The number of rotatable bonds is 3. The molecule has 0 aliphatic rings. The van der Waals surface area contributed by atoms with Gasteiger partial charge in [0.25, 0.3) is 0 Å². The van der Waals surface area contributed by atoms with Crippen LogP contribution >= 0.6 is 34.8 Å². The Hall–Kier alpha value is -0.960. The quantitative estimate of drug-likeness (QED) is 0.810. The Labute approximate surface area is 121 Å². The van der Waals surface area contributed by atoms with Crippen LogP contribution in [0, 0.1) is 6.92 Å². The van der Waals surface area contributed by atoms with Crippen LogP contribution in [0.4, 0.5) is 5.69 Å². The highest BCUT2D eigenvalue weighted by Gasteiger charge is 2.04. The Balaban J connectivity index is 2.11. The minimum atomic E-state index is 0.515. The Morgan fingerprint density at radius 1 is 1.22 bits per heavy atom. The van der Waals surface area contributed by atoms with Crippen LogP contribution in [-0.2, 0) is 6.54 Å². The first-order valence-electron chi connectivity index (χ1n) is 5.37. The molecule has 0 aliphatic heterocycles. The number of hydrogen-bond donors (Lipinski definition) is 1. The summed E-state index contributed by atoms with van der Waals surface area (Å²) >= 11 is 17.9. The molecule has 18 heavy (non-hydrogen) atoms. The molecular weight excluding hydrogens is 291 g/mol. The minimum absolute atomic E-state index is 0.515. The van der Waals surface area contributed by atoms with Gasteiger partial charge in [0.2, 0.25) is 0 Å². The highest BCUT2D eigenvalue weighted by Crippen LogP contribution is 2.26. The topological polar surface area (TPSA) is 24.9 Å². The standard InChI is InChI=1S/C13H11Cl3N2/c1-8-5-10(7-18-13(8)16)17-6-9-3-2-4-11(14)12(9)15/h2-5,7,17H,6H2,1H3. The van der Waals surface area contributed by atoms with Gasteiger partial charge < -0.3 is 5.32 Å². The highest BCUT2D eigenvalue weighted by atomic mass is 35.5. The van der Waals surface area contributed by atoms with E-state index in [-0.39, 0.29) is 0 Å². The highest BCUT2D eigenvalue weighted by molar-refractivity contribution is 6.42. The molecule has 1 N–H and O–H groups in total. The smallest absolute Gasteiger partial charge is 0.132 e. The number of nitrogens with one attached hydrogen (secondary N) is 1. The van der Waals surface area contributed by atoms with E-state index in [9.17, 15) is 0 Å². The zero-order valence-electron chi connectivity index (χ0n) is 9.67. The lowest BCUT2D eigenvalue weighted by atomic mass is 10.2. The fraction of sp³-hybridized carbons (Fsp3) is 0.154. The Kier molecular flexibility index (Phi) is 4.33. The fourth-order valence-corrected chi connectivity index (χ4v) is 2.03. The molecule has 0 fully saturated rings. The summed E-state index contributed by atoms with van der Waals surface area (Å²) < 4.78 is 0. The second kappa shape index (κ2) is 5.79. The van der Waals surface area contributed by atoms with Gasteiger partial charge in [-0.15, -0.1) is 0 Å². The Morgan fingerprint density at radius 3 is 2.72 bits per heavy atom. The molecule has 0 bridgehead atoms. The van der Waals surface area contributed by atoms with Gasteiger partial charge in [-0.2, -0.15) is 0 Å². The molecule has 0 spiro atoms. The summed E-state index contributed by atoms with van der Waals surface area (Å²) in [5, 5.41) is 4.88. The number of hydrogen-bond acceptors (Lipinski definition) is 2. The van der Waals surface area contributed by atoms with Crippen molar-refractivity contribution in [3.05, 3.63) is 56.8 Å². The van der Waals surface area contributed by atoms with Crippen molar-refractivity contribution >= 4 is 40.5 Å². The Morgan fingerprint density at radius 2 is 2.00 bits per heavy atom. The van der Waals surface area contributed by atoms with Crippen molar-refractivity contribution in [2.75, 3.05) is 5.32 Å². The molecule has 1 heterocycles. The monoisotopic (exact) mass is 300 g/mol. The van der Waals surface area contributed by atoms with Gasteiger partial charge in [0.05, 0.1) is 21.9 Å². The lowest BCUT2D eigenvalue weighted by Crippen LogP contribution is -2.01. The third kappa shape index (κ3) is 3.08. The fourth-order valence-electron chi connectivity index (χ4n) is 1.54. The van der Waals surface area contributed by atoms with E-state index in [4.69, 9.17) is 34.8 Å². The lowest BCUT2D eigenvalue weighted by Gasteiger charge is -2.09. The van der Waals surface area contributed by atoms with E-state index in [2.05, 4.69) is 10.3 Å². The number of aromatic nitrogens is 1. The number of halogens is 3. The van der Waals surface area contributed by atoms with E-state index >= 15 is 0 Å². The molecular formula is C13H11Cl3N2. The van der Waals surface area contributed by atoms with Crippen LogP contribution in [0.15, 0.2) is 30.5 Å². The first-order chi connectivity index (χ1) is 8.58. The van der Waals surface area contributed by atoms with Crippen molar-refractivity contribution in [1.29, 1.82) is 0 Å². The number of benzene rings is 1. The van der Waals surface area contributed by atoms with Crippen molar-refractivity contribution in [3.8, 4) is 0 Å². The third-order valence-corrected chi connectivity index (χ3v) is 3.78. The lowest BCUT2D eigenvalue weighted by molar-refractivity contribution is 1.13. The zero-order valence-corrected chi connectivity index (χ0v) is 11.9. The summed E-state index contributed by atoms with van der Waals surface area (Å²) in [4.78, 5) is 4.07. The SMILES string of the molecule is Cc1cc(NCc2cccc(Cl)c2Cl)cnc1Cl. The number of nitrogens with zero attached hydrogens (tertiary/aromatic N) is 1. The molecule has 0 atom stereocenters. The van der Waals surface area contributed by atoms with Crippen molar-refractivity contribution in [2.45, 2.75) is 13.5 Å². The van der Waals surface area contributed by atoms with E-state index < -0.39 is 0 Å². The first kappa shape index (κ1) is 13.5. The second-order valence-corrected chi connectivity index (χ2v) is 5.04. The molecule has 0 saturated heterocycles. The summed E-state index contributed by atoms with van der Waals surface area (Å²) in [6.07, 6.45) is 1.69. The summed E-state index contributed by atoms with van der Waals surface area (Å²) in [6.45, 7) is 2.50. The van der Waals surface area contributed by atoms with Crippen LogP contribution in [0.1, 0.15) is 11.1 Å². The molecule has 5 heteroatoms. The summed E-state index contributed by atoms with van der Waals surface area (Å²) in [5.74, 6) is 0. The second-order valence-electron chi connectivity index (χ2n) is 3.90. The summed E-state index contributed by atoms with van der Waals surface area (Å²) in [6, 6.07) is 7.50. The van der Waals surface area contributed by atoms with Gasteiger partial charge in [0.1, 0.15) is 5.15 Å². The molecule has 0 aliphatic carbocycles. The van der Waals surface area contributed by atoms with E-state index in [0.717, 1.165) is 16.8 Å². The van der Waals surface area contributed by atoms with Gasteiger partial charge in [0, 0.05) is 6.54 Å². The van der Waals surface area contributed by atoms with Crippen LogP contribution in [0.5, 0.6) is 0 Å². The maximum absolute atomic E-state index is 6.11. The van der Waals surface area contributed by atoms with Gasteiger partial charge >= 0.3 is 0 Å². The average Bonchev–Trinajstić information content (AvgIpc) is 2.35. The van der Waals surface area contributed by atoms with Gasteiger partial charge in [-0.25, -0.2) is 4.98 Å². The minimum Gasteiger partial charge on any atom is -0.380 e. The Bertz CT molecular complexity index is 570. The molecule has 0 amide bonds. The average molecular weight is 302 g/mol. The molecule has 1 aromatic heterocycles. The number of pyridine rings is 1. The summed E-state index contributed by atoms with van der Waals surface area (Å²) in [5.41, 5.74) is 2.77. The van der Waals surface area contributed by atoms with Crippen LogP contribution in [-0.4, -0.2) is 4.98 Å².